The number of rotatable bonds is 7. The van der Waals surface area contributed by atoms with Crippen molar-refractivity contribution in [1.82, 2.24) is 5.32 Å². The van der Waals surface area contributed by atoms with Crippen molar-refractivity contribution >= 4 is 15.9 Å². The normalized spacial score (nSPS) is 17.8. The Labute approximate surface area is 126 Å². The fraction of sp³-hybridized carbons (Fsp3) is 0.647. The monoisotopic (exact) mass is 323 g/mol. The fourth-order valence-electron chi connectivity index (χ4n) is 3.34. The van der Waals surface area contributed by atoms with E-state index in [1.165, 1.54) is 61.5 Å². The van der Waals surface area contributed by atoms with Gasteiger partial charge in [0.05, 0.1) is 0 Å². The summed E-state index contributed by atoms with van der Waals surface area (Å²) in [5.74, 6) is 0. The van der Waals surface area contributed by atoms with Crippen LogP contribution < -0.4 is 5.32 Å². The van der Waals surface area contributed by atoms with Gasteiger partial charge in [-0.1, -0.05) is 47.8 Å². The zero-order valence-corrected chi connectivity index (χ0v) is 13.6. The van der Waals surface area contributed by atoms with Crippen LogP contribution in [0.2, 0.25) is 0 Å². The van der Waals surface area contributed by atoms with Gasteiger partial charge in [0.15, 0.2) is 0 Å². The summed E-state index contributed by atoms with van der Waals surface area (Å²) >= 11 is 3.51. The molecule has 1 fully saturated rings. The third-order valence-corrected chi connectivity index (χ3v) is 5.13. The van der Waals surface area contributed by atoms with E-state index in [4.69, 9.17) is 0 Å². The van der Waals surface area contributed by atoms with Crippen LogP contribution in [0.3, 0.4) is 0 Å². The second kappa shape index (κ2) is 7.44. The molecule has 0 bridgehead atoms. The molecule has 0 saturated heterocycles. The Morgan fingerprint density at radius 2 is 1.79 bits per heavy atom. The van der Waals surface area contributed by atoms with Gasteiger partial charge in [-0.2, -0.15) is 0 Å². The van der Waals surface area contributed by atoms with E-state index in [1.54, 1.807) is 0 Å². The van der Waals surface area contributed by atoms with Crippen LogP contribution in [0.4, 0.5) is 0 Å². The van der Waals surface area contributed by atoms with Crippen molar-refractivity contribution in [3.8, 4) is 0 Å². The molecule has 1 aliphatic rings. The summed E-state index contributed by atoms with van der Waals surface area (Å²) in [7, 11) is 0. The first kappa shape index (κ1) is 15.1. The van der Waals surface area contributed by atoms with Crippen molar-refractivity contribution in [3.05, 3.63) is 34.3 Å². The molecule has 1 aromatic carbocycles. The third kappa shape index (κ3) is 4.61. The summed E-state index contributed by atoms with van der Waals surface area (Å²) in [5, 5.41) is 3.50. The zero-order valence-electron chi connectivity index (χ0n) is 12.1. The average Bonchev–Trinajstić information content (AvgIpc) is 2.88. The van der Waals surface area contributed by atoms with E-state index in [0.29, 0.717) is 5.41 Å². The molecule has 106 valence electrons. The Kier molecular flexibility index (Phi) is 5.90. The van der Waals surface area contributed by atoms with Crippen LogP contribution in [0, 0.1) is 5.41 Å². The number of hydrogen-bond acceptors (Lipinski definition) is 1. The SMILES string of the molecule is CCNCCC1(CCc2ccc(Br)cc2)CCCC1. The maximum Gasteiger partial charge on any atom is 0.0175 e. The minimum absolute atomic E-state index is 0.620. The van der Waals surface area contributed by atoms with Gasteiger partial charge in [0, 0.05) is 4.47 Å². The molecule has 1 aliphatic carbocycles. The maximum absolute atomic E-state index is 3.51. The van der Waals surface area contributed by atoms with Crippen LogP contribution in [-0.4, -0.2) is 13.1 Å². The third-order valence-electron chi connectivity index (χ3n) is 4.60. The molecule has 0 amide bonds. The lowest BCUT2D eigenvalue weighted by Gasteiger charge is -2.29. The number of benzene rings is 1. The summed E-state index contributed by atoms with van der Waals surface area (Å²) in [5.41, 5.74) is 2.10. The smallest absolute Gasteiger partial charge is 0.0175 e. The van der Waals surface area contributed by atoms with Gasteiger partial charge >= 0.3 is 0 Å². The molecule has 0 atom stereocenters. The second-order valence-electron chi connectivity index (χ2n) is 5.94. The van der Waals surface area contributed by atoms with E-state index < -0.39 is 0 Å². The van der Waals surface area contributed by atoms with E-state index in [9.17, 15) is 0 Å². The molecule has 2 rings (SSSR count). The summed E-state index contributed by atoms with van der Waals surface area (Å²) in [6, 6.07) is 8.85. The van der Waals surface area contributed by atoms with Crippen molar-refractivity contribution < 1.29 is 0 Å². The highest BCUT2D eigenvalue weighted by atomic mass is 79.9. The van der Waals surface area contributed by atoms with E-state index in [2.05, 4.69) is 52.4 Å². The van der Waals surface area contributed by atoms with Crippen LogP contribution in [0.1, 0.15) is 51.0 Å². The van der Waals surface area contributed by atoms with Gasteiger partial charge in [-0.3, -0.25) is 0 Å². The molecule has 0 unspecified atom stereocenters. The molecule has 0 aromatic heterocycles. The largest absolute Gasteiger partial charge is 0.317 e. The fourth-order valence-corrected chi connectivity index (χ4v) is 3.61. The van der Waals surface area contributed by atoms with Gasteiger partial charge in [-0.05, 0) is 68.3 Å². The highest BCUT2D eigenvalue weighted by molar-refractivity contribution is 9.10. The van der Waals surface area contributed by atoms with Crippen LogP contribution >= 0.6 is 15.9 Å². The summed E-state index contributed by atoms with van der Waals surface area (Å²) in [6.45, 7) is 4.49. The van der Waals surface area contributed by atoms with Gasteiger partial charge in [0.2, 0.25) is 0 Å². The molecule has 0 radical (unpaired) electrons. The van der Waals surface area contributed by atoms with E-state index in [1.807, 2.05) is 0 Å². The van der Waals surface area contributed by atoms with Crippen molar-refractivity contribution in [2.45, 2.75) is 51.9 Å². The van der Waals surface area contributed by atoms with Gasteiger partial charge < -0.3 is 5.32 Å². The Morgan fingerprint density at radius 1 is 1.11 bits per heavy atom. The summed E-state index contributed by atoms with van der Waals surface area (Å²) in [4.78, 5) is 0. The number of nitrogens with one attached hydrogen (secondary N) is 1. The van der Waals surface area contributed by atoms with Crippen molar-refractivity contribution in [3.63, 3.8) is 0 Å². The number of halogens is 1. The minimum Gasteiger partial charge on any atom is -0.317 e. The van der Waals surface area contributed by atoms with Crippen LogP contribution in [-0.2, 0) is 6.42 Å². The molecule has 1 N–H and O–H groups in total. The first-order valence-electron chi connectivity index (χ1n) is 7.69. The number of hydrogen-bond donors (Lipinski definition) is 1. The first-order chi connectivity index (χ1) is 9.24. The van der Waals surface area contributed by atoms with Crippen molar-refractivity contribution in [2.24, 2.45) is 5.41 Å². The average molecular weight is 324 g/mol. The molecular formula is C17H26BrN. The lowest BCUT2D eigenvalue weighted by Crippen LogP contribution is -2.25. The van der Waals surface area contributed by atoms with E-state index in [0.717, 1.165) is 6.54 Å². The van der Waals surface area contributed by atoms with Gasteiger partial charge in [0.25, 0.3) is 0 Å². The molecule has 1 saturated carbocycles. The quantitative estimate of drug-likeness (QED) is 0.700. The Bertz CT molecular complexity index is 365. The molecular weight excluding hydrogens is 298 g/mol. The van der Waals surface area contributed by atoms with E-state index >= 15 is 0 Å². The molecule has 0 spiro atoms. The molecule has 2 heteroatoms. The van der Waals surface area contributed by atoms with Crippen molar-refractivity contribution in [1.29, 1.82) is 0 Å². The van der Waals surface area contributed by atoms with Crippen LogP contribution in [0.15, 0.2) is 28.7 Å². The topological polar surface area (TPSA) is 12.0 Å². The molecule has 0 aliphatic heterocycles. The highest BCUT2D eigenvalue weighted by Gasteiger charge is 2.32. The lowest BCUT2D eigenvalue weighted by atomic mass is 9.77. The van der Waals surface area contributed by atoms with Crippen LogP contribution in [0.25, 0.3) is 0 Å². The predicted molar refractivity (Wildman–Crippen MR) is 86.5 cm³/mol. The van der Waals surface area contributed by atoms with Crippen molar-refractivity contribution in [2.75, 3.05) is 13.1 Å². The minimum atomic E-state index is 0.620. The van der Waals surface area contributed by atoms with Gasteiger partial charge in [-0.15, -0.1) is 0 Å². The highest BCUT2D eigenvalue weighted by Crippen LogP contribution is 2.44. The Balaban J connectivity index is 1.87. The zero-order chi connectivity index (χ0) is 13.6. The Hall–Kier alpha value is -0.340. The van der Waals surface area contributed by atoms with Crippen LogP contribution in [0.5, 0.6) is 0 Å². The van der Waals surface area contributed by atoms with Gasteiger partial charge in [0.1, 0.15) is 0 Å². The second-order valence-corrected chi connectivity index (χ2v) is 6.85. The summed E-state index contributed by atoms with van der Waals surface area (Å²) < 4.78 is 1.18. The molecule has 1 aromatic rings. The number of aryl methyl sites for hydroxylation is 1. The van der Waals surface area contributed by atoms with E-state index in [-0.39, 0.29) is 0 Å². The lowest BCUT2D eigenvalue weighted by molar-refractivity contribution is 0.246. The maximum atomic E-state index is 3.51. The standard InChI is InChI=1S/C17H26BrN/c1-2-19-14-13-17(10-3-4-11-17)12-9-15-5-7-16(18)8-6-15/h5-8,19H,2-4,9-14H2,1H3. The first-order valence-corrected chi connectivity index (χ1v) is 8.49. The van der Waals surface area contributed by atoms with Gasteiger partial charge in [-0.25, -0.2) is 0 Å². The summed E-state index contributed by atoms with van der Waals surface area (Å²) in [6.07, 6.45) is 9.71. The molecule has 0 heterocycles. The molecule has 19 heavy (non-hydrogen) atoms. The molecule has 1 nitrogen and oxygen atoms in total. The Morgan fingerprint density at radius 3 is 2.42 bits per heavy atom. The predicted octanol–water partition coefficient (Wildman–Crippen LogP) is 4.94.